The van der Waals surface area contributed by atoms with Gasteiger partial charge in [-0.3, -0.25) is 9.59 Å². The molecule has 144 valence electrons. The lowest BCUT2D eigenvalue weighted by atomic mass is 9.97. The number of rotatable bonds is 3. The van der Waals surface area contributed by atoms with Crippen LogP contribution in [0, 0.1) is 20.8 Å². The summed E-state index contributed by atoms with van der Waals surface area (Å²) in [4.78, 5) is 29.3. The molecule has 2 heterocycles. The van der Waals surface area contributed by atoms with E-state index >= 15 is 0 Å². The van der Waals surface area contributed by atoms with Gasteiger partial charge in [-0.2, -0.15) is 0 Å². The Bertz CT molecular complexity index is 830. The molecule has 0 spiro atoms. The van der Waals surface area contributed by atoms with Gasteiger partial charge in [0.25, 0.3) is 5.91 Å². The van der Waals surface area contributed by atoms with Crippen LogP contribution in [0.5, 0.6) is 0 Å². The Morgan fingerprint density at radius 3 is 2.22 bits per heavy atom. The van der Waals surface area contributed by atoms with E-state index in [0.29, 0.717) is 38.2 Å². The van der Waals surface area contributed by atoms with Crippen LogP contribution in [-0.2, 0) is 18.3 Å². The minimum absolute atomic E-state index is 0.0510. The highest BCUT2D eigenvalue weighted by molar-refractivity contribution is 5.94. The van der Waals surface area contributed by atoms with Crippen molar-refractivity contribution in [3.63, 3.8) is 0 Å². The average Bonchev–Trinajstić information content (AvgIpc) is 2.89. The van der Waals surface area contributed by atoms with Gasteiger partial charge in [0.15, 0.2) is 0 Å². The summed E-state index contributed by atoms with van der Waals surface area (Å²) in [6, 6.07) is 6.12. The minimum Gasteiger partial charge on any atom is -0.356 e. The molecule has 0 unspecified atom stereocenters. The summed E-state index contributed by atoms with van der Waals surface area (Å²) in [6.45, 7) is 8.82. The summed E-state index contributed by atoms with van der Waals surface area (Å²) >= 11 is 0. The first-order valence-electron chi connectivity index (χ1n) is 9.61. The van der Waals surface area contributed by atoms with Crippen LogP contribution in [0.3, 0.4) is 0 Å². The molecule has 2 aromatic rings. The summed E-state index contributed by atoms with van der Waals surface area (Å²) in [5.74, 6) is 0.203. The largest absolute Gasteiger partial charge is 0.356 e. The second kappa shape index (κ2) is 7.99. The molecule has 1 aromatic heterocycles. The molecule has 1 saturated heterocycles. The van der Waals surface area contributed by atoms with Gasteiger partial charge >= 0.3 is 0 Å². The van der Waals surface area contributed by atoms with E-state index in [9.17, 15) is 9.59 Å². The molecule has 2 amide bonds. The van der Waals surface area contributed by atoms with Crippen LogP contribution in [0.15, 0.2) is 30.6 Å². The van der Waals surface area contributed by atoms with Crippen molar-refractivity contribution in [3.8, 4) is 0 Å². The molecular formula is C22H29N3O2. The fourth-order valence-corrected chi connectivity index (χ4v) is 3.93. The van der Waals surface area contributed by atoms with E-state index in [2.05, 4.69) is 32.9 Å². The van der Waals surface area contributed by atoms with Gasteiger partial charge in [-0.05, 0) is 49.9 Å². The number of nitrogens with zero attached hydrogens (tertiary/aromatic N) is 3. The third-order valence-electron chi connectivity index (χ3n) is 5.38. The predicted molar refractivity (Wildman–Crippen MR) is 107 cm³/mol. The zero-order valence-electron chi connectivity index (χ0n) is 16.8. The zero-order chi connectivity index (χ0) is 19.6. The van der Waals surface area contributed by atoms with Gasteiger partial charge in [0.1, 0.15) is 0 Å². The molecule has 1 fully saturated rings. The predicted octanol–water partition coefficient (Wildman–Crippen LogP) is 2.87. The van der Waals surface area contributed by atoms with Crippen LogP contribution in [0.4, 0.5) is 0 Å². The fraction of sp³-hybridized carbons (Fsp3) is 0.455. The second-order valence-corrected chi connectivity index (χ2v) is 7.65. The first-order chi connectivity index (χ1) is 12.8. The van der Waals surface area contributed by atoms with Crippen LogP contribution in [0.25, 0.3) is 0 Å². The number of amides is 2. The van der Waals surface area contributed by atoms with E-state index in [1.807, 2.05) is 39.9 Å². The standard InChI is InChI=1S/C22H29N3O2/c1-16-12-17(2)20(18(3)13-16)14-21(26)24-7-5-8-25(11-10-24)22(27)19-6-9-23(4)15-19/h6,9,12-13,15H,5,7-8,10-11,14H2,1-4H3. The van der Waals surface area contributed by atoms with Crippen molar-refractivity contribution in [2.45, 2.75) is 33.6 Å². The topological polar surface area (TPSA) is 45.6 Å². The number of benzene rings is 1. The van der Waals surface area contributed by atoms with Crippen molar-refractivity contribution >= 4 is 11.8 Å². The molecule has 3 rings (SSSR count). The number of hydrogen-bond donors (Lipinski definition) is 0. The summed E-state index contributed by atoms with van der Waals surface area (Å²) < 4.78 is 1.88. The molecule has 5 nitrogen and oxygen atoms in total. The molecule has 1 aromatic carbocycles. The number of carbonyl (C=O) groups is 2. The molecule has 0 bridgehead atoms. The first-order valence-corrected chi connectivity index (χ1v) is 9.61. The SMILES string of the molecule is Cc1cc(C)c(CC(=O)N2CCCN(C(=O)c3ccn(C)c3)CC2)c(C)c1. The highest BCUT2D eigenvalue weighted by Gasteiger charge is 2.23. The summed E-state index contributed by atoms with van der Waals surface area (Å²) in [6.07, 6.45) is 4.98. The van der Waals surface area contributed by atoms with Crippen molar-refractivity contribution in [3.05, 3.63) is 58.4 Å². The first kappa shape index (κ1) is 19.2. The van der Waals surface area contributed by atoms with Crippen molar-refractivity contribution in [1.82, 2.24) is 14.4 Å². The lowest BCUT2D eigenvalue weighted by molar-refractivity contribution is -0.130. The molecule has 0 saturated carbocycles. The van der Waals surface area contributed by atoms with Gasteiger partial charge in [-0.25, -0.2) is 0 Å². The Morgan fingerprint density at radius 2 is 1.59 bits per heavy atom. The van der Waals surface area contributed by atoms with Gasteiger partial charge in [0.2, 0.25) is 5.91 Å². The van der Waals surface area contributed by atoms with E-state index in [1.165, 1.54) is 16.7 Å². The van der Waals surface area contributed by atoms with E-state index in [0.717, 1.165) is 12.0 Å². The summed E-state index contributed by atoms with van der Waals surface area (Å²) in [5, 5.41) is 0. The Labute approximate surface area is 161 Å². The van der Waals surface area contributed by atoms with E-state index in [1.54, 1.807) is 0 Å². The Kier molecular flexibility index (Phi) is 5.68. The number of aromatic nitrogens is 1. The number of hydrogen-bond acceptors (Lipinski definition) is 2. The molecule has 1 aliphatic heterocycles. The van der Waals surface area contributed by atoms with Crippen molar-refractivity contribution in [1.29, 1.82) is 0 Å². The third-order valence-corrected chi connectivity index (χ3v) is 5.38. The lowest BCUT2D eigenvalue weighted by Crippen LogP contribution is -2.38. The van der Waals surface area contributed by atoms with E-state index in [4.69, 9.17) is 0 Å². The van der Waals surface area contributed by atoms with Crippen LogP contribution >= 0.6 is 0 Å². The second-order valence-electron chi connectivity index (χ2n) is 7.65. The Balaban J connectivity index is 1.64. The quantitative estimate of drug-likeness (QED) is 0.837. The number of aryl methyl sites for hydroxylation is 4. The third kappa shape index (κ3) is 4.41. The Morgan fingerprint density at radius 1 is 0.963 bits per heavy atom. The van der Waals surface area contributed by atoms with Crippen molar-refractivity contribution in [2.75, 3.05) is 26.2 Å². The zero-order valence-corrected chi connectivity index (χ0v) is 16.8. The average molecular weight is 367 g/mol. The molecule has 0 N–H and O–H groups in total. The molecule has 0 atom stereocenters. The summed E-state index contributed by atoms with van der Waals surface area (Å²) in [5.41, 5.74) is 5.43. The summed E-state index contributed by atoms with van der Waals surface area (Å²) in [7, 11) is 1.91. The van der Waals surface area contributed by atoms with Crippen molar-refractivity contribution < 1.29 is 9.59 Å². The van der Waals surface area contributed by atoms with Gasteiger partial charge in [0.05, 0.1) is 12.0 Å². The maximum absolute atomic E-state index is 12.9. The molecule has 27 heavy (non-hydrogen) atoms. The molecule has 1 aliphatic rings. The maximum atomic E-state index is 12.9. The van der Waals surface area contributed by atoms with Gasteiger partial charge in [0, 0.05) is 45.6 Å². The normalized spacial score (nSPS) is 15.0. The lowest BCUT2D eigenvalue weighted by Gasteiger charge is -2.23. The number of carbonyl (C=O) groups excluding carboxylic acids is 2. The Hall–Kier alpha value is -2.56. The van der Waals surface area contributed by atoms with Crippen LogP contribution < -0.4 is 0 Å². The van der Waals surface area contributed by atoms with Crippen LogP contribution in [0.2, 0.25) is 0 Å². The highest BCUT2D eigenvalue weighted by atomic mass is 16.2. The van der Waals surface area contributed by atoms with Gasteiger partial charge in [-0.1, -0.05) is 17.7 Å². The van der Waals surface area contributed by atoms with Gasteiger partial charge < -0.3 is 14.4 Å². The monoisotopic (exact) mass is 367 g/mol. The fourth-order valence-electron chi connectivity index (χ4n) is 3.93. The molecule has 0 radical (unpaired) electrons. The minimum atomic E-state index is 0.0510. The van der Waals surface area contributed by atoms with Crippen LogP contribution in [0.1, 0.15) is 39.0 Å². The van der Waals surface area contributed by atoms with Crippen molar-refractivity contribution in [2.24, 2.45) is 7.05 Å². The van der Waals surface area contributed by atoms with Crippen LogP contribution in [-0.4, -0.2) is 52.4 Å². The maximum Gasteiger partial charge on any atom is 0.255 e. The van der Waals surface area contributed by atoms with E-state index < -0.39 is 0 Å². The smallest absolute Gasteiger partial charge is 0.255 e. The van der Waals surface area contributed by atoms with Gasteiger partial charge in [-0.15, -0.1) is 0 Å². The highest BCUT2D eigenvalue weighted by Crippen LogP contribution is 2.18. The molecule has 5 heteroatoms. The molecular weight excluding hydrogens is 338 g/mol. The molecule has 0 aliphatic carbocycles. The van der Waals surface area contributed by atoms with E-state index in [-0.39, 0.29) is 11.8 Å².